The van der Waals surface area contributed by atoms with Gasteiger partial charge in [0.15, 0.2) is 0 Å². The summed E-state index contributed by atoms with van der Waals surface area (Å²) < 4.78 is 36.8. The van der Waals surface area contributed by atoms with Gasteiger partial charge in [-0.3, -0.25) is 0 Å². The molecular weight excluding hydrogens is 217 g/mol. The lowest BCUT2D eigenvalue weighted by atomic mass is 10.1. The summed E-state index contributed by atoms with van der Waals surface area (Å²) in [5, 5.41) is 3.06. The average molecular weight is 232 g/mol. The third-order valence-electron chi connectivity index (χ3n) is 2.36. The number of hydrogen-bond acceptors (Lipinski definition) is 2. The molecule has 16 heavy (non-hydrogen) atoms. The summed E-state index contributed by atoms with van der Waals surface area (Å²) in [4.78, 5) is 0. The highest BCUT2D eigenvalue weighted by molar-refractivity contribution is 5.46. The maximum absolute atomic E-state index is 12.3. The number of benzene rings is 1. The first kappa shape index (κ1) is 12.8. The second-order valence-electron chi connectivity index (χ2n) is 3.56. The topological polar surface area (TPSA) is 38.0 Å². The number of nitrogens with two attached hydrogens (primary N) is 1. The molecule has 0 bridgehead atoms. The number of nitrogens with one attached hydrogen (secondary N) is 1. The zero-order valence-electron chi connectivity index (χ0n) is 9.01. The molecule has 90 valence electrons. The van der Waals surface area contributed by atoms with Crippen LogP contribution in [0.4, 0.5) is 18.9 Å². The Hall–Kier alpha value is -1.23. The lowest BCUT2D eigenvalue weighted by Crippen LogP contribution is -2.27. The molecular formula is C11H15F3N2. The molecule has 0 spiro atoms. The fourth-order valence-electron chi connectivity index (χ4n) is 1.32. The fraction of sp³-hybridized carbons (Fsp3) is 0.455. The van der Waals surface area contributed by atoms with Crippen LogP contribution >= 0.6 is 0 Å². The molecule has 0 aliphatic rings. The Morgan fingerprint density at radius 1 is 1.25 bits per heavy atom. The molecule has 1 unspecified atom stereocenters. The zero-order chi connectivity index (χ0) is 12.2. The molecule has 0 saturated carbocycles. The van der Waals surface area contributed by atoms with Crippen LogP contribution in [0.15, 0.2) is 24.3 Å². The summed E-state index contributed by atoms with van der Waals surface area (Å²) in [6, 6.07) is 5.05. The van der Waals surface area contributed by atoms with Crippen LogP contribution in [-0.2, 0) is 6.18 Å². The lowest BCUT2D eigenvalue weighted by molar-refractivity contribution is -0.137. The second kappa shape index (κ2) is 5.21. The van der Waals surface area contributed by atoms with Crippen LogP contribution in [0.5, 0.6) is 0 Å². The molecule has 3 N–H and O–H groups in total. The standard InChI is InChI=1S/C11H15F3N2/c1-2-9(7-15)16-10-5-3-8(4-6-10)11(12,13)14/h3-6,9,16H,2,7,15H2,1H3. The van der Waals surface area contributed by atoms with E-state index in [1.165, 1.54) is 12.1 Å². The van der Waals surface area contributed by atoms with Crippen molar-refractivity contribution >= 4 is 5.69 Å². The van der Waals surface area contributed by atoms with Crippen molar-refractivity contribution in [3.05, 3.63) is 29.8 Å². The highest BCUT2D eigenvalue weighted by Crippen LogP contribution is 2.29. The Kier molecular flexibility index (Phi) is 4.18. The highest BCUT2D eigenvalue weighted by atomic mass is 19.4. The van der Waals surface area contributed by atoms with Gasteiger partial charge in [-0.15, -0.1) is 0 Å². The van der Waals surface area contributed by atoms with Crippen LogP contribution < -0.4 is 11.1 Å². The van der Waals surface area contributed by atoms with Crippen LogP contribution in [0.1, 0.15) is 18.9 Å². The van der Waals surface area contributed by atoms with E-state index in [1.807, 2.05) is 6.92 Å². The fourth-order valence-corrected chi connectivity index (χ4v) is 1.32. The van der Waals surface area contributed by atoms with Gasteiger partial charge in [0.25, 0.3) is 0 Å². The summed E-state index contributed by atoms with van der Waals surface area (Å²) in [6.07, 6.45) is -3.45. The van der Waals surface area contributed by atoms with Gasteiger partial charge in [0.05, 0.1) is 5.56 Å². The maximum Gasteiger partial charge on any atom is 0.416 e. The Balaban J connectivity index is 2.72. The van der Waals surface area contributed by atoms with Gasteiger partial charge in [0.2, 0.25) is 0 Å². The normalized spacial score (nSPS) is 13.6. The zero-order valence-corrected chi connectivity index (χ0v) is 9.01. The summed E-state index contributed by atoms with van der Waals surface area (Å²) in [7, 11) is 0. The van der Waals surface area contributed by atoms with Crippen molar-refractivity contribution in [2.24, 2.45) is 5.73 Å². The van der Waals surface area contributed by atoms with Crippen molar-refractivity contribution < 1.29 is 13.2 Å². The van der Waals surface area contributed by atoms with Crippen LogP contribution in [-0.4, -0.2) is 12.6 Å². The lowest BCUT2D eigenvalue weighted by Gasteiger charge is -2.16. The Morgan fingerprint density at radius 2 is 1.81 bits per heavy atom. The van der Waals surface area contributed by atoms with Crippen LogP contribution in [0, 0.1) is 0 Å². The number of anilines is 1. The molecule has 0 radical (unpaired) electrons. The molecule has 0 aliphatic heterocycles. The Bertz CT molecular complexity index is 315. The van der Waals surface area contributed by atoms with E-state index in [1.54, 1.807) is 0 Å². The smallest absolute Gasteiger partial charge is 0.381 e. The predicted molar refractivity (Wildman–Crippen MR) is 58.2 cm³/mol. The first-order valence-corrected chi connectivity index (χ1v) is 5.11. The van der Waals surface area contributed by atoms with Gasteiger partial charge >= 0.3 is 6.18 Å². The maximum atomic E-state index is 12.3. The summed E-state index contributed by atoms with van der Waals surface area (Å²) >= 11 is 0. The van der Waals surface area contributed by atoms with Gasteiger partial charge in [0, 0.05) is 18.3 Å². The van der Waals surface area contributed by atoms with Crippen molar-refractivity contribution in [2.45, 2.75) is 25.6 Å². The van der Waals surface area contributed by atoms with Gasteiger partial charge in [-0.05, 0) is 30.7 Å². The van der Waals surface area contributed by atoms with E-state index >= 15 is 0 Å². The van der Waals surface area contributed by atoms with Crippen LogP contribution in [0.3, 0.4) is 0 Å². The second-order valence-corrected chi connectivity index (χ2v) is 3.56. The van der Waals surface area contributed by atoms with Crippen molar-refractivity contribution in [3.63, 3.8) is 0 Å². The van der Waals surface area contributed by atoms with E-state index in [4.69, 9.17) is 5.73 Å². The van der Waals surface area contributed by atoms with E-state index in [-0.39, 0.29) is 6.04 Å². The Labute approximate surface area is 92.6 Å². The monoisotopic (exact) mass is 232 g/mol. The molecule has 0 fully saturated rings. The van der Waals surface area contributed by atoms with Crippen molar-refractivity contribution in [2.75, 3.05) is 11.9 Å². The summed E-state index contributed by atoms with van der Waals surface area (Å²) in [6.45, 7) is 2.42. The molecule has 0 aromatic heterocycles. The molecule has 0 heterocycles. The quantitative estimate of drug-likeness (QED) is 0.837. The third kappa shape index (κ3) is 3.41. The summed E-state index contributed by atoms with van der Waals surface area (Å²) in [5.74, 6) is 0. The number of rotatable bonds is 4. The van der Waals surface area contributed by atoms with E-state index in [0.717, 1.165) is 18.6 Å². The van der Waals surface area contributed by atoms with E-state index in [9.17, 15) is 13.2 Å². The molecule has 1 aromatic carbocycles. The third-order valence-corrected chi connectivity index (χ3v) is 2.36. The molecule has 1 atom stereocenters. The van der Waals surface area contributed by atoms with Gasteiger partial charge in [-0.25, -0.2) is 0 Å². The van der Waals surface area contributed by atoms with Gasteiger partial charge in [-0.1, -0.05) is 6.92 Å². The molecule has 1 aromatic rings. The molecule has 0 amide bonds. The van der Waals surface area contributed by atoms with Crippen LogP contribution in [0.2, 0.25) is 0 Å². The molecule has 1 rings (SSSR count). The minimum atomic E-state index is -4.28. The van der Waals surface area contributed by atoms with Gasteiger partial charge < -0.3 is 11.1 Å². The van der Waals surface area contributed by atoms with Gasteiger partial charge in [0.1, 0.15) is 0 Å². The largest absolute Gasteiger partial charge is 0.416 e. The molecule has 0 aliphatic carbocycles. The first-order valence-electron chi connectivity index (χ1n) is 5.11. The SMILES string of the molecule is CCC(CN)Nc1ccc(C(F)(F)F)cc1. The minimum absolute atomic E-state index is 0.0942. The molecule has 2 nitrogen and oxygen atoms in total. The van der Waals surface area contributed by atoms with Crippen molar-refractivity contribution in [1.82, 2.24) is 0 Å². The summed E-state index contributed by atoms with van der Waals surface area (Å²) in [5.41, 5.74) is 5.51. The highest BCUT2D eigenvalue weighted by Gasteiger charge is 2.29. The number of halogens is 3. The predicted octanol–water partition coefficient (Wildman–Crippen LogP) is 2.85. The van der Waals surface area contributed by atoms with Crippen molar-refractivity contribution in [3.8, 4) is 0 Å². The van der Waals surface area contributed by atoms with Crippen LogP contribution in [0.25, 0.3) is 0 Å². The van der Waals surface area contributed by atoms with E-state index < -0.39 is 11.7 Å². The molecule has 5 heteroatoms. The first-order chi connectivity index (χ1) is 7.47. The van der Waals surface area contributed by atoms with E-state index in [2.05, 4.69) is 5.32 Å². The van der Waals surface area contributed by atoms with E-state index in [0.29, 0.717) is 12.2 Å². The van der Waals surface area contributed by atoms with Crippen molar-refractivity contribution in [1.29, 1.82) is 0 Å². The Morgan fingerprint density at radius 3 is 2.19 bits per heavy atom. The average Bonchev–Trinajstić information content (AvgIpc) is 2.25. The number of hydrogen-bond donors (Lipinski definition) is 2. The minimum Gasteiger partial charge on any atom is -0.381 e. The van der Waals surface area contributed by atoms with Gasteiger partial charge in [-0.2, -0.15) is 13.2 Å². The number of alkyl halides is 3. The molecule has 0 saturated heterocycles.